The zero-order valence-corrected chi connectivity index (χ0v) is 10.3. The van der Waals surface area contributed by atoms with Crippen molar-refractivity contribution >= 4 is 0 Å². The fourth-order valence-electron chi connectivity index (χ4n) is 3.01. The maximum atomic E-state index is 6.02. The average Bonchev–Trinajstić information content (AvgIpc) is 2.99. The van der Waals surface area contributed by atoms with Crippen LogP contribution in [0, 0.1) is 5.92 Å². The van der Waals surface area contributed by atoms with E-state index in [4.69, 9.17) is 10.5 Å². The molecule has 88 valence electrons. The predicted molar refractivity (Wildman–Crippen MR) is 61.8 cm³/mol. The van der Waals surface area contributed by atoms with E-state index >= 15 is 0 Å². The van der Waals surface area contributed by atoms with Gasteiger partial charge < -0.3 is 10.5 Å². The molecule has 3 heteroatoms. The number of hydrogen-bond acceptors (Lipinski definition) is 3. The molecule has 0 aromatic rings. The lowest BCUT2D eigenvalue weighted by atomic mass is 9.87. The van der Waals surface area contributed by atoms with Crippen molar-refractivity contribution in [1.82, 2.24) is 4.90 Å². The SMILES string of the molecule is CC1(C)COCCN1C(C)(CN)C1CC1. The molecular formula is C12H24N2O. The minimum atomic E-state index is 0.134. The Balaban J connectivity index is 2.18. The van der Waals surface area contributed by atoms with E-state index in [1.165, 1.54) is 12.8 Å². The molecule has 0 radical (unpaired) electrons. The Bertz CT molecular complexity index is 238. The molecule has 2 aliphatic rings. The van der Waals surface area contributed by atoms with Crippen LogP contribution in [0.5, 0.6) is 0 Å². The van der Waals surface area contributed by atoms with Crippen LogP contribution < -0.4 is 5.73 Å². The fourth-order valence-corrected chi connectivity index (χ4v) is 3.01. The van der Waals surface area contributed by atoms with Crippen LogP contribution in [0.25, 0.3) is 0 Å². The van der Waals surface area contributed by atoms with Crippen molar-refractivity contribution in [3.63, 3.8) is 0 Å². The molecule has 15 heavy (non-hydrogen) atoms. The molecule has 2 N–H and O–H groups in total. The van der Waals surface area contributed by atoms with E-state index in [1.807, 2.05) is 0 Å². The van der Waals surface area contributed by atoms with Crippen LogP contribution in [0.2, 0.25) is 0 Å². The second-order valence-electron chi connectivity index (χ2n) is 5.85. The molecule has 1 heterocycles. The molecule has 1 saturated heterocycles. The van der Waals surface area contributed by atoms with Crippen molar-refractivity contribution in [3.8, 4) is 0 Å². The molecule has 0 amide bonds. The summed E-state index contributed by atoms with van der Waals surface area (Å²) in [7, 11) is 0. The highest BCUT2D eigenvalue weighted by atomic mass is 16.5. The maximum Gasteiger partial charge on any atom is 0.0645 e. The van der Waals surface area contributed by atoms with Crippen molar-refractivity contribution in [1.29, 1.82) is 0 Å². The highest BCUT2D eigenvalue weighted by Crippen LogP contribution is 2.45. The third kappa shape index (κ3) is 1.93. The Morgan fingerprint density at radius 2 is 2.13 bits per heavy atom. The second kappa shape index (κ2) is 3.72. The minimum Gasteiger partial charge on any atom is -0.378 e. The van der Waals surface area contributed by atoms with Gasteiger partial charge in [-0.05, 0) is 39.5 Å². The molecule has 2 rings (SSSR count). The number of ether oxygens (including phenoxy) is 1. The summed E-state index contributed by atoms with van der Waals surface area (Å²) in [6.07, 6.45) is 2.70. The Hall–Kier alpha value is -0.120. The molecule has 0 aromatic carbocycles. The molecule has 1 unspecified atom stereocenters. The first-order valence-corrected chi connectivity index (χ1v) is 6.06. The minimum absolute atomic E-state index is 0.134. The summed E-state index contributed by atoms with van der Waals surface area (Å²) in [6.45, 7) is 10.3. The number of rotatable bonds is 3. The highest BCUT2D eigenvalue weighted by Gasteiger charge is 2.49. The van der Waals surface area contributed by atoms with Gasteiger partial charge in [0.25, 0.3) is 0 Å². The molecular weight excluding hydrogens is 188 g/mol. The monoisotopic (exact) mass is 212 g/mol. The van der Waals surface area contributed by atoms with E-state index in [-0.39, 0.29) is 11.1 Å². The van der Waals surface area contributed by atoms with Gasteiger partial charge in [-0.25, -0.2) is 0 Å². The maximum absolute atomic E-state index is 6.02. The van der Waals surface area contributed by atoms with Gasteiger partial charge in [0.2, 0.25) is 0 Å². The quantitative estimate of drug-likeness (QED) is 0.764. The lowest BCUT2D eigenvalue weighted by molar-refractivity contribution is -0.105. The highest BCUT2D eigenvalue weighted by molar-refractivity contribution is 5.05. The van der Waals surface area contributed by atoms with Crippen LogP contribution in [0.4, 0.5) is 0 Å². The third-order valence-electron chi connectivity index (χ3n) is 4.13. The lowest BCUT2D eigenvalue weighted by Gasteiger charge is -2.52. The van der Waals surface area contributed by atoms with Gasteiger partial charge in [-0.2, -0.15) is 0 Å². The Morgan fingerprint density at radius 1 is 1.47 bits per heavy atom. The van der Waals surface area contributed by atoms with Crippen molar-refractivity contribution in [2.24, 2.45) is 11.7 Å². The van der Waals surface area contributed by atoms with E-state index in [9.17, 15) is 0 Å². The van der Waals surface area contributed by atoms with E-state index in [0.29, 0.717) is 0 Å². The number of nitrogens with zero attached hydrogens (tertiary/aromatic N) is 1. The van der Waals surface area contributed by atoms with Gasteiger partial charge >= 0.3 is 0 Å². The predicted octanol–water partition coefficient (Wildman–Crippen LogP) is 1.22. The average molecular weight is 212 g/mol. The van der Waals surface area contributed by atoms with Crippen LogP contribution in [0.15, 0.2) is 0 Å². The van der Waals surface area contributed by atoms with Gasteiger partial charge in [0.05, 0.1) is 13.2 Å². The van der Waals surface area contributed by atoms with Crippen molar-refractivity contribution in [2.45, 2.75) is 44.7 Å². The van der Waals surface area contributed by atoms with Gasteiger partial charge in [0.1, 0.15) is 0 Å². The summed E-state index contributed by atoms with van der Waals surface area (Å²) >= 11 is 0. The second-order valence-corrected chi connectivity index (χ2v) is 5.85. The zero-order valence-electron chi connectivity index (χ0n) is 10.3. The van der Waals surface area contributed by atoms with Gasteiger partial charge in [0.15, 0.2) is 0 Å². The molecule has 1 atom stereocenters. The molecule has 0 aromatic heterocycles. The van der Waals surface area contributed by atoms with E-state index in [0.717, 1.165) is 32.2 Å². The Labute approximate surface area is 93.0 Å². The first-order chi connectivity index (χ1) is 7.00. The van der Waals surface area contributed by atoms with Crippen LogP contribution in [-0.4, -0.2) is 42.3 Å². The molecule has 1 saturated carbocycles. The summed E-state index contributed by atoms with van der Waals surface area (Å²) < 4.78 is 5.57. The zero-order chi connectivity index (χ0) is 11.1. The largest absolute Gasteiger partial charge is 0.378 e. The third-order valence-corrected chi connectivity index (χ3v) is 4.13. The number of morpholine rings is 1. The first-order valence-electron chi connectivity index (χ1n) is 6.06. The van der Waals surface area contributed by atoms with Crippen LogP contribution >= 0.6 is 0 Å². The van der Waals surface area contributed by atoms with Crippen molar-refractivity contribution in [3.05, 3.63) is 0 Å². The van der Waals surface area contributed by atoms with E-state index in [2.05, 4.69) is 25.7 Å². The van der Waals surface area contributed by atoms with Crippen LogP contribution in [0.1, 0.15) is 33.6 Å². The molecule has 2 fully saturated rings. The van der Waals surface area contributed by atoms with E-state index < -0.39 is 0 Å². The van der Waals surface area contributed by atoms with Crippen molar-refractivity contribution in [2.75, 3.05) is 26.3 Å². The standard InChI is InChI=1S/C12H24N2O/c1-11(2)9-15-7-6-14(11)12(3,8-13)10-4-5-10/h10H,4-9,13H2,1-3H3. The summed E-state index contributed by atoms with van der Waals surface area (Å²) in [4.78, 5) is 2.58. The first kappa shape index (κ1) is 11.4. The van der Waals surface area contributed by atoms with Gasteiger partial charge in [0, 0.05) is 24.2 Å². The number of hydrogen-bond donors (Lipinski definition) is 1. The normalized spacial score (nSPS) is 31.2. The number of nitrogens with two attached hydrogens (primary N) is 1. The molecule has 1 aliphatic heterocycles. The topological polar surface area (TPSA) is 38.5 Å². The van der Waals surface area contributed by atoms with Gasteiger partial charge in [-0.3, -0.25) is 4.90 Å². The van der Waals surface area contributed by atoms with Crippen LogP contribution in [-0.2, 0) is 4.74 Å². The van der Waals surface area contributed by atoms with Crippen LogP contribution in [0.3, 0.4) is 0 Å². The Kier molecular flexibility index (Phi) is 2.82. The smallest absolute Gasteiger partial charge is 0.0645 e. The lowest BCUT2D eigenvalue weighted by Crippen LogP contribution is -2.65. The molecule has 0 bridgehead atoms. The van der Waals surface area contributed by atoms with Gasteiger partial charge in [-0.15, -0.1) is 0 Å². The summed E-state index contributed by atoms with van der Waals surface area (Å²) in [5, 5.41) is 0. The summed E-state index contributed by atoms with van der Waals surface area (Å²) in [5.41, 5.74) is 6.34. The van der Waals surface area contributed by atoms with E-state index in [1.54, 1.807) is 0 Å². The van der Waals surface area contributed by atoms with Gasteiger partial charge in [-0.1, -0.05) is 0 Å². The fraction of sp³-hybridized carbons (Fsp3) is 1.00. The molecule has 1 aliphatic carbocycles. The molecule has 3 nitrogen and oxygen atoms in total. The summed E-state index contributed by atoms with van der Waals surface area (Å²) in [6, 6.07) is 0. The summed E-state index contributed by atoms with van der Waals surface area (Å²) in [5.74, 6) is 0.805. The molecule has 0 spiro atoms. The Morgan fingerprint density at radius 3 is 2.60 bits per heavy atom. The van der Waals surface area contributed by atoms with Crippen molar-refractivity contribution < 1.29 is 4.74 Å².